The second-order valence-electron chi connectivity index (χ2n) is 3.63. The van der Waals surface area contributed by atoms with E-state index in [1.54, 1.807) is 30.3 Å². The molecule has 18 heavy (non-hydrogen) atoms. The van der Waals surface area contributed by atoms with Crippen LogP contribution in [0.5, 0.6) is 0 Å². The summed E-state index contributed by atoms with van der Waals surface area (Å²) < 4.78 is 0. The van der Waals surface area contributed by atoms with Crippen LogP contribution in [-0.2, 0) is 0 Å². The highest BCUT2D eigenvalue weighted by atomic mass is 35.5. The van der Waals surface area contributed by atoms with Crippen molar-refractivity contribution in [3.05, 3.63) is 58.1 Å². The van der Waals surface area contributed by atoms with Crippen LogP contribution in [0.3, 0.4) is 0 Å². The quantitative estimate of drug-likeness (QED) is 0.875. The Balaban J connectivity index is 2.30. The van der Waals surface area contributed by atoms with Crippen LogP contribution in [0.25, 0.3) is 0 Å². The molecule has 2 aromatic rings. The van der Waals surface area contributed by atoms with Crippen LogP contribution >= 0.6 is 23.2 Å². The van der Waals surface area contributed by atoms with Gasteiger partial charge in [-0.05, 0) is 42.5 Å². The Morgan fingerprint density at radius 3 is 2.33 bits per heavy atom. The molecule has 0 fully saturated rings. The van der Waals surface area contributed by atoms with Gasteiger partial charge in [0.05, 0.1) is 16.3 Å². The number of hydrogen-bond acceptors (Lipinski definition) is 2. The molecule has 2 aromatic carbocycles. The maximum Gasteiger partial charge on any atom is 0.335 e. The maximum atomic E-state index is 10.9. The van der Waals surface area contributed by atoms with Crippen LogP contribution in [0, 0.1) is 0 Å². The van der Waals surface area contributed by atoms with Crippen molar-refractivity contribution < 1.29 is 9.90 Å². The Kier molecular flexibility index (Phi) is 3.75. The second-order valence-corrected chi connectivity index (χ2v) is 4.48. The number of benzene rings is 2. The molecular weight excluding hydrogens is 273 g/mol. The number of anilines is 2. The third-order valence-corrected chi connectivity index (χ3v) is 2.92. The van der Waals surface area contributed by atoms with Gasteiger partial charge in [-0.2, -0.15) is 0 Å². The minimum Gasteiger partial charge on any atom is -0.478 e. The molecule has 0 amide bonds. The summed E-state index contributed by atoms with van der Waals surface area (Å²) in [4.78, 5) is 10.9. The van der Waals surface area contributed by atoms with Gasteiger partial charge in [0.1, 0.15) is 0 Å². The van der Waals surface area contributed by atoms with E-state index in [-0.39, 0.29) is 5.56 Å². The van der Waals surface area contributed by atoms with Crippen molar-refractivity contribution in [1.82, 2.24) is 0 Å². The van der Waals surface area contributed by atoms with Gasteiger partial charge in [-0.25, -0.2) is 4.79 Å². The number of halogens is 2. The third-order valence-electron chi connectivity index (χ3n) is 2.34. The Labute approximate surface area is 114 Å². The summed E-state index contributed by atoms with van der Waals surface area (Å²) in [5.74, 6) is -0.995. The molecule has 0 atom stereocenters. The molecule has 3 nitrogen and oxygen atoms in total. The van der Waals surface area contributed by atoms with E-state index in [1.807, 2.05) is 0 Å². The van der Waals surface area contributed by atoms with Crippen molar-refractivity contribution >= 4 is 40.5 Å². The molecule has 0 aliphatic heterocycles. The lowest BCUT2D eigenvalue weighted by atomic mass is 10.2. The van der Waals surface area contributed by atoms with E-state index in [0.29, 0.717) is 15.7 Å². The number of rotatable bonds is 3. The van der Waals surface area contributed by atoms with Gasteiger partial charge in [-0.15, -0.1) is 0 Å². The van der Waals surface area contributed by atoms with E-state index in [0.717, 1.165) is 5.69 Å². The topological polar surface area (TPSA) is 49.3 Å². The predicted octanol–water partition coefficient (Wildman–Crippen LogP) is 4.44. The van der Waals surface area contributed by atoms with E-state index in [2.05, 4.69) is 5.32 Å². The Morgan fingerprint density at radius 1 is 1.06 bits per heavy atom. The monoisotopic (exact) mass is 281 g/mol. The van der Waals surface area contributed by atoms with E-state index >= 15 is 0 Å². The normalized spacial score (nSPS) is 10.1. The summed E-state index contributed by atoms with van der Waals surface area (Å²) in [5.41, 5.74) is 1.50. The molecule has 0 heterocycles. The smallest absolute Gasteiger partial charge is 0.335 e. The molecule has 0 aliphatic rings. The van der Waals surface area contributed by atoms with Crippen molar-refractivity contribution in [1.29, 1.82) is 0 Å². The molecule has 0 radical (unpaired) electrons. The van der Waals surface area contributed by atoms with E-state index < -0.39 is 5.97 Å². The Morgan fingerprint density at radius 2 is 1.72 bits per heavy atom. The average molecular weight is 282 g/mol. The zero-order valence-corrected chi connectivity index (χ0v) is 10.7. The lowest BCUT2D eigenvalue weighted by molar-refractivity contribution is 0.0697. The zero-order valence-electron chi connectivity index (χ0n) is 9.15. The van der Waals surface area contributed by atoms with Gasteiger partial charge in [-0.3, -0.25) is 0 Å². The highest BCUT2D eigenvalue weighted by Gasteiger charge is 2.07. The molecule has 5 heteroatoms. The molecule has 0 aromatic heterocycles. The van der Waals surface area contributed by atoms with Crippen LogP contribution in [0.1, 0.15) is 10.4 Å². The van der Waals surface area contributed by atoms with Gasteiger partial charge in [0.25, 0.3) is 0 Å². The largest absolute Gasteiger partial charge is 0.478 e. The molecule has 0 spiro atoms. The number of carboxylic acid groups (broad SMARTS) is 1. The van der Waals surface area contributed by atoms with Crippen molar-refractivity contribution in [2.24, 2.45) is 0 Å². The van der Waals surface area contributed by atoms with Crippen LogP contribution in [0.2, 0.25) is 10.0 Å². The maximum absolute atomic E-state index is 10.9. The van der Waals surface area contributed by atoms with Crippen molar-refractivity contribution in [3.63, 3.8) is 0 Å². The summed E-state index contributed by atoms with van der Waals surface area (Å²) in [5, 5.41) is 13.0. The van der Waals surface area contributed by atoms with Crippen LogP contribution in [0.15, 0.2) is 42.5 Å². The molecule has 2 N–H and O–H groups in total. The first-order valence-electron chi connectivity index (χ1n) is 5.12. The fourth-order valence-electron chi connectivity index (χ4n) is 1.44. The second kappa shape index (κ2) is 5.29. The van der Waals surface area contributed by atoms with Gasteiger partial charge >= 0.3 is 5.97 Å². The Hall–Kier alpha value is -1.71. The molecule has 0 bridgehead atoms. The zero-order chi connectivity index (χ0) is 13.1. The van der Waals surface area contributed by atoms with Gasteiger partial charge < -0.3 is 10.4 Å². The van der Waals surface area contributed by atoms with Gasteiger partial charge in [-0.1, -0.05) is 23.2 Å². The fraction of sp³-hybridized carbons (Fsp3) is 0. The summed E-state index contributed by atoms with van der Waals surface area (Å²) in [6.45, 7) is 0. The SMILES string of the molecule is O=C(O)c1ccc(Cl)c(Nc2ccc(Cl)cc2)c1. The highest BCUT2D eigenvalue weighted by Crippen LogP contribution is 2.27. The van der Waals surface area contributed by atoms with Gasteiger partial charge in [0, 0.05) is 10.7 Å². The molecule has 0 saturated heterocycles. The van der Waals surface area contributed by atoms with E-state index in [4.69, 9.17) is 28.3 Å². The molecule has 92 valence electrons. The number of aromatic carboxylic acids is 1. The summed E-state index contributed by atoms with van der Waals surface area (Å²) >= 11 is 11.8. The van der Waals surface area contributed by atoms with Crippen LogP contribution in [0.4, 0.5) is 11.4 Å². The first-order valence-corrected chi connectivity index (χ1v) is 5.87. The predicted molar refractivity (Wildman–Crippen MR) is 73.1 cm³/mol. The summed E-state index contributed by atoms with van der Waals surface area (Å²) in [6.07, 6.45) is 0. The first-order chi connectivity index (χ1) is 8.56. The standard InChI is InChI=1S/C13H9Cl2NO2/c14-9-2-4-10(5-3-9)16-12-7-8(13(17)18)1-6-11(12)15/h1-7,16H,(H,17,18). The average Bonchev–Trinajstić information content (AvgIpc) is 2.34. The lowest BCUT2D eigenvalue weighted by Crippen LogP contribution is -1.98. The fourth-order valence-corrected chi connectivity index (χ4v) is 1.73. The minimum absolute atomic E-state index is 0.177. The number of hydrogen-bond donors (Lipinski definition) is 2. The third kappa shape index (κ3) is 2.94. The molecule has 0 saturated carbocycles. The number of carboxylic acids is 1. The number of carbonyl (C=O) groups is 1. The molecule has 0 aliphatic carbocycles. The summed E-state index contributed by atoms with van der Waals surface area (Å²) in [7, 11) is 0. The molecule has 0 unspecified atom stereocenters. The van der Waals surface area contributed by atoms with Crippen molar-refractivity contribution in [3.8, 4) is 0 Å². The van der Waals surface area contributed by atoms with Gasteiger partial charge in [0.2, 0.25) is 0 Å². The molecule has 2 rings (SSSR count). The lowest BCUT2D eigenvalue weighted by Gasteiger charge is -2.09. The van der Waals surface area contributed by atoms with E-state index in [9.17, 15) is 4.79 Å². The minimum atomic E-state index is -0.995. The van der Waals surface area contributed by atoms with Crippen LogP contribution in [-0.4, -0.2) is 11.1 Å². The van der Waals surface area contributed by atoms with Crippen molar-refractivity contribution in [2.45, 2.75) is 0 Å². The van der Waals surface area contributed by atoms with Crippen molar-refractivity contribution in [2.75, 3.05) is 5.32 Å². The highest BCUT2D eigenvalue weighted by molar-refractivity contribution is 6.33. The molecular formula is C13H9Cl2NO2. The van der Waals surface area contributed by atoms with Gasteiger partial charge in [0.15, 0.2) is 0 Å². The first kappa shape index (κ1) is 12.7. The van der Waals surface area contributed by atoms with E-state index in [1.165, 1.54) is 12.1 Å². The number of nitrogens with one attached hydrogen (secondary N) is 1. The summed E-state index contributed by atoms with van der Waals surface area (Å²) in [6, 6.07) is 11.5. The Bertz CT molecular complexity index is 582. The van der Waals surface area contributed by atoms with Crippen LogP contribution < -0.4 is 5.32 Å².